The Morgan fingerprint density at radius 1 is 1.59 bits per heavy atom. The van der Waals surface area contributed by atoms with Gasteiger partial charge < -0.3 is 15.2 Å². The highest BCUT2D eigenvalue weighted by Gasteiger charge is 2.16. The van der Waals surface area contributed by atoms with Crippen molar-refractivity contribution in [1.82, 2.24) is 4.98 Å². The van der Waals surface area contributed by atoms with E-state index in [1.807, 2.05) is 12.1 Å². The van der Waals surface area contributed by atoms with Gasteiger partial charge in [0, 0.05) is 31.3 Å². The minimum absolute atomic E-state index is 0.0251. The first kappa shape index (κ1) is 11.6. The van der Waals surface area contributed by atoms with Gasteiger partial charge in [0.05, 0.1) is 12.2 Å². The second-order valence-corrected chi connectivity index (χ2v) is 3.68. The molecule has 0 saturated carbocycles. The number of esters is 1. The van der Waals surface area contributed by atoms with Crippen LogP contribution in [0.2, 0.25) is 0 Å². The van der Waals surface area contributed by atoms with E-state index in [1.54, 1.807) is 12.3 Å². The van der Waals surface area contributed by atoms with Crippen molar-refractivity contribution in [3.05, 3.63) is 29.5 Å². The third kappa shape index (κ3) is 2.82. The Balaban J connectivity index is 2.04. The lowest BCUT2D eigenvalue weighted by atomic mass is 10.1. The Morgan fingerprint density at radius 2 is 2.47 bits per heavy atom. The Morgan fingerprint density at radius 3 is 3.29 bits per heavy atom. The van der Waals surface area contributed by atoms with Gasteiger partial charge >= 0.3 is 5.97 Å². The molecule has 90 valence electrons. The number of aliphatic hydroxyl groups excluding tert-OH is 1. The van der Waals surface area contributed by atoms with Crippen molar-refractivity contribution in [2.45, 2.75) is 6.42 Å². The van der Waals surface area contributed by atoms with Crippen LogP contribution in [0.3, 0.4) is 0 Å². The minimum Gasteiger partial charge on any atom is -0.462 e. The van der Waals surface area contributed by atoms with Crippen molar-refractivity contribution in [2.75, 3.05) is 25.1 Å². The molecule has 17 heavy (non-hydrogen) atoms. The van der Waals surface area contributed by atoms with Crippen molar-refractivity contribution in [2.24, 2.45) is 0 Å². The molecule has 0 fully saturated rings. The number of pyridine rings is 1. The van der Waals surface area contributed by atoms with E-state index in [0.717, 1.165) is 11.4 Å². The summed E-state index contributed by atoms with van der Waals surface area (Å²) < 4.78 is 5.01. The number of nitrogens with zero attached hydrogens (tertiary/aromatic N) is 1. The van der Waals surface area contributed by atoms with E-state index >= 15 is 0 Å². The first-order chi connectivity index (χ1) is 8.31. The topological polar surface area (TPSA) is 71.5 Å². The Hall–Kier alpha value is -1.88. The maximum atomic E-state index is 11.7. The number of rotatable bonds is 4. The van der Waals surface area contributed by atoms with Gasteiger partial charge in [-0.3, -0.25) is 0 Å². The van der Waals surface area contributed by atoms with E-state index in [9.17, 15) is 4.79 Å². The summed E-state index contributed by atoms with van der Waals surface area (Å²) in [6.45, 7) is 0.686. The molecule has 1 aliphatic rings. The van der Waals surface area contributed by atoms with Crippen molar-refractivity contribution >= 4 is 17.9 Å². The molecule has 1 aromatic heterocycles. The van der Waals surface area contributed by atoms with Gasteiger partial charge in [-0.1, -0.05) is 0 Å². The van der Waals surface area contributed by atoms with Crippen LogP contribution in [0.4, 0.5) is 5.82 Å². The quantitative estimate of drug-likeness (QED) is 0.596. The zero-order valence-corrected chi connectivity index (χ0v) is 9.35. The Bertz CT molecular complexity index is 443. The monoisotopic (exact) mass is 234 g/mol. The van der Waals surface area contributed by atoms with Crippen LogP contribution in [0.5, 0.6) is 0 Å². The Labute approximate surface area is 99.1 Å². The predicted molar refractivity (Wildman–Crippen MR) is 63.4 cm³/mol. The summed E-state index contributed by atoms with van der Waals surface area (Å²) in [4.78, 5) is 15.8. The molecule has 2 rings (SSSR count). The lowest BCUT2D eigenvalue weighted by Crippen LogP contribution is -2.20. The van der Waals surface area contributed by atoms with E-state index in [2.05, 4.69) is 10.3 Å². The SMILES string of the molecule is O=C(OCCCO)C1=Cc2cccnc2NC1. The zero-order valence-electron chi connectivity index (χ0n) is 9.35. The van der Waals surface area contributed by atoms with Gasteiger partial charge in [-0.15, -0.1) is 0 Å². The molecule has 2 heterocycles. The number of aliphatic hydroxyl groups is 1. The lowest BCUT2D eigenvalue weighted by molar-refractivity contribution is -0.139. The molecule has 1 aromatic rings. The van der Waals surface area contributed by atoms with E-state index in [0.29, 0.717) is 18.5 Å². The molecule has 0 aliphatic carbocycles. The maximum absolute atomic E-state index is 11.7. The summed E-state index contributed by atoms with van der Waals surface area (Å²) in [5.74, 6) is 0.430. The predicted octanol–water partition coefficient (Wildman–Crippen LogP) is 0.816. The summed E-state index contributed by atoms with van der Waals surface area (Å²) in [6.07, 6.45) is 3.94. The molecule has 2 N–H and O–H groups in total. The lowest BCUT2D eigenvalue weighted by Gasteiger charge is -2.16. The second-order valence-electron chi connectivity index (χ2n) is 3.68. The first-order valence-corrected chi connectivity index (χ1v) is 5.48. The summed E-state index contributed by atoms with van der Waals surface area (Å²) in [6, 6.07) is 3.70. The number of anilines is 1. The molecule has 0 atom stereocenters. The molecule has 0 unspecified atom stereocenters. The van der Waals surface area contributed by atoms with Crippen LogP contribution in [-0.4, -0.2) is 35.8 Å². The molecule has 1 aliphatic heterocycles. The van der Waals surface area contributed by atoms with Gasteiger partial charge in [-0.2, -0.15) is 0 Å². The van der Waals surface area contributed by atoms with Crippen LogP contribution in [0.15, 0.2) is 23.9 Å². The number of fused-ring (bicyclic) bond motifs is 1. The van der Waals surface area contributed by atoms with E-state index in [-0.39, 0.29) is 19.2 Å². The molecule has 0 bridgehead atoms. The van der Waals surface area contributed by atoms with Crippen LogP contribution < -0.4 is 5.32 Å². The number of aromatic nitrogens is 1. The highest BCUT2D eigenvalue weighted by Crippen LogP contribution is 2.21. The van der Waals surface area contributed by atoms with E-state index < -0.39 is 0 Å². The van der Waals surface area contributed by atoms with Crippen molar-refractivity contribution in [3.63, 3.8) is 0 Å². The molecule has 0 saturated heterocycles. The number of nitrogens with one attached hydrogen (secondary N) is 1. The molecule has 0 radical (unpaired) electrons. The number of hydrogen-bond acceptors (Lipinski definition) is 5. The second kappa shape index (κ2) is 5.45. The van der Waals surface area contributed by atoms with Crippen LogP contribution in [0, 0.1) is 0 Å². The third-order valence-electron chi connectivity index (χ3n) is 2.41. The fraction of sp³-hybridized carbons (Fsp3) is 0.333. The molecule has 5 heteroatoms. The van der Waals surface area contributed by atoms with Crippen LogP contribution in [0.1, 0.15) is 12.0 Å². The highest BCUT2D eigenvalue weighted by molar-refractivity contribution is 5.96. The molecular formula is C12H14N2O3. The van der Waals surface area contributed by atoms with Gasteiger partial charge in [0.1, 0.15) is 5.82 Å². The summed E-state index contributed by atoms with van der Waals surface area (Å²) >= 11 is 0. The third-order valence-corrected chi connectivity index (χ3v) is 2.41. The average Bonchev–Trinajstić information content (AvgIpc) is 2.38. The first-order valence-electron chi connectivity index (χ1n) is 5.48. The van der Waals surface area contributed by atoms with Gasteiger partial charge in [0.2, 0.25) is 0 Å². The largest absolute Gasteiger partial charge is 0.462 e. The van der Waals surface area contributed by atoms with E-state index in [1.165, 1.54) is 0 Å². The molecular weight excluding hydrogens is 220 g/mol. The standard InChI is InChI=1S/C12H14N2O3/c15-5-2-6-17-12(16)10-7-9-3-1-4-13-11(9)14-8-10/h1,3-4,7,15H,2,5-6,8H2,(H,13,14). The van der Waals surface area contributed by atoms with Crippen LogP contribution >= 0.6 is 0 Å². The summed E-state index contributed by atoms with van der Waals surface area (Å²) in [7, 11) is 0. The Kier molecular flexibility index (Phi) is 3.72. The number of ether oxygens (including phenoxy) is 1. The van der Waals surface area contributed by atoms with Crippen molar-refractivity contribution < 1.29 is 14.6 Å². The minimum atomic E-state index is -0.347. The van der Waals surface area contributed by atoms with Crippen molar-refractivity contribution in [1.29, 1.82) is 0 Å². The van der Waals surface area contributed by atoms with Crippen molar-refractivity contribution in [3.8, 4) is 0 Å². The van der Waals surface area contributed by atoms with Crippen LogP contribution in [-0.2, 0) is 9.53 Å². The van der Waals surface area contributed by atoms with Crippen LogP contribution in [0.25, 0.3) is 6.08 Å². The molecule has 0 amide bonds. The summed E-state index contributed by atoms with van der Waals surface area (Å²) in [5.41, 5.74) is 1.45. The van der Waals surface area contributed by atoms with Gasteiger partial charge in [0.15, 0.2) is 0 Å². The smallest absolute Gasteiger partial charge is 0.335 e. The number of carbonyl (C=O) groups is 1. The molecule has 5 nitrogen and oxygen atoms in total. The summed E-state index contributed by atoms with van der Waals surface area (Å²) in [5, 5.41) is 11.6. The van der Waals surface area contributed by atoms with E-state index in [4.69, 9.17) is 9.84 Å². The zero-order chi connectivity index (χ0) is 12.1. The average molecular weight is 234 g/mol. The normalized spacial score (nSPS) is 13.4. The fourth-order valence-electron chi connectivity index (χ4n) is 1.55. The van der Waals surface area contributed by atoms with Gasteiger partial charge in [0.25, 0.3) is 0 Å². The maximum Gasteiger partial charge on any atom is 0.335 e. The molecule has 0 aromatic carbocycles. The number of hydrogen-bond donors (Lipinski definition) is 2. The van der Waals surface area contributed by atoms with Gasteiger partial charge in [-0.25, -0.2) is 9.78 Å². The van der Waals surface area contributed by atoms with Gasteiger partial charge in [-0.05, 0) is 18.2 Å². The highest BCUT2D eigenvalue weighted by atomic mass is 16.5. The fourth-order valence-corrected chi connectivity index (χ4v) is 1.55. The number of carbonyl (C=O) groups excluding carboxylic acids is 1. The molecule has 0 spiro atoms.